The standard InChI is InChI=1S/C15H13BrF3NO/c16-11-5-4-9(13(17)8-11)7-14(20)10-2-1-3-12(6-10)21-15(18)19/h1-6,8,14-15H,7,20H2. The van der Waals surface area contributed by atoms with Gasteiger partial charge in [0.2, 0.25) is 0 Å². The lowest BCUT2D eigenvalue weighted by Gasteiger charge is -2.14. The lowest BCUT2D eigenvalue weighted by molar-refractivity contribution is -0.0498. The molecule has 0 aliphatic carbocycles. The number of rotatable bonds is 5. The van der Waals surface area contributed by atoms with E-state index in [4.69, 9.17) is 5.73 Å². The summed E-state index contributed by atoms with van der Waals surface area (Å²) in [5.41, 5.74) is 7.08. The minimum atomic E-state index is -2.89. The van der Waals surface area contributed by atoms with Crippen molar-refractivity contribution in [3.8, 4) is 5.75 Å². The second-order valence-electron chi connectivity index (χ2n) is 4.50. The van der Waals surface area contributed by atoms with E-state index in [-0.39, 0.29) is 18.0 Å². The molecule has 0 bridgehead atoms. The molecule has 2 rings (SSSR count). The van der Waals surface area contributed by atoms with E-state index in [0.717, 1.165) is 0 Å². The first kappa shape index (κ1) is 15.9. The number of halogens is 4. The number of hydrogen-bond donors (Lipinski definition) is 1. The molecular weight excluding hydrogens is 347 g/mol. The Kier molecular flexibility index (Phi) is 5.25. The molecule has 0 saturated carbocycles. The zero-order chi connectivity index (χ0) is 15.4. The Bertz CT molecular complexity index is 622. The van der Waals surface area contributed by atoms with Crippen molar-refractivity contribution in [3.63, 3.8) is 0 Å². The molecular formula is C15H13BrF3NO. The second-order valence-corrected chi connectivity index (χ2v) is 5.41. The third-order valence-corrected chi connectivity index (χ3v) is 3.46. The van der Waals surface area contributed by atoms with Gasteiger partial charge in [-0.2, -0.15) is 8.78 Å². The van der Waals surface area contributed by atoms with Crippen LogP contribution in [0.4, 0.5) is 13.2 Å². The molecule has 0 spiro atoms. The largest absolute Gasteiger partial charge is 0.435 e. The highest BCUT2D eigenvalue weighted by Crippen LogP contribution is 2.24. The van der Waals surface area contributed by atoms with E-state index in [9.17, 15) is 13.2 Å². The van der Waals surface area contributed by atoms with Crippen LogP contribution < -0.4 is 10.5 Å². The third-order valence-electron chi connectivity index (χ3n) is 2.97. The van der Waals surface area contributed by atoms with Crippen molar-refractivity contribution in [3.05, 3.63) is 63.9 Å². The van der Waals surface area contributed by atoms with Crippen molar-refractivity contribution in [2.45, 2.75) is 19.1 Å². The van der Waals surface area contributed by atoms with Crippen molar-refractivity contribution < 1.29 is 17.9 Å². The van der Waals surface area contributed by atoms with Gasteiger partial charge in [0.25, 0.3) is 0 Å². The summed E-state index contributed by atoms with van der Waals surface area (Å²) in [6.07, 6.45) is 0.261. The third kappa shape index (κ3) is 4.47. The van der Waals surface area contributed by atoms with Gasteiger partial charge < -0.3 is 10.5 Å². The van der Waals surface area contributed by atoms with E-state index in [0.29, 0.717) is 15.6 Å². The fourth-order valence-electron chi connectivity index (χ4n) is 1.96. The molecule has 2 aromatic rings. The van der Waals surface area contributed by atoms with Crippen molar-refractivity contribution in [1.82, 2.24) is 0 Å². The van der Waals surface area contributed by atoms with Gasteiger partial charge in [0.05, 0.1) is 0 Å². The van der Waals surface area contributed by atoms with Crippen LogP contribution in [0.3, 0.4) is 0 Å². The number of alkyl halides is 2. The topological polar surface area (TPSA) is 35.2 Å². The van der Waals surface area contributed by atoms with Gasteiger partial charge in [0.1, 0.15) is 11.6 Å². The summed E-state index contributed by atoms with van der Waals surface area (Å²) in [6.45, 7) is -2.89. The highest BCUT2D eigenvalue weighted by molar-refractivity contribution is 9.10. The summed E-state index contributed by atoms with van der Waals surface area (Å²) < 4.78 is 43.1. The fourth-order valence-corrected chi connectivity index (χ4v) is 2.30. The quantitative estimate of drug-likeness (QED) is 0.856. The predicted molar refractivity (Wildman–Crippen MR) is 77.8 cm³/mol. The summed E-state index contributed by atoms with van der Waals surface area (Å²) in [4.78, 5) is 0. The molecule has 0 heterocycles. The average Bonchev–Trinajstić information content (AvgIpc) is 2.41. The van der Waals surface area contributed by atoms with E-state index in [1.807, 2.05) is 0 Å². The van der Waals surface area contributed by atoms with Crippen LogP contribution in [0, 0.1) is 5.82 Å². The van der Waals surface area contributed by atoms with E-state index in [2.05, 4.69) is 20.7 Å². The second kappa shape index (κ2) is 6.95. The SMILES string of the molecule is NC(Cc1ccc(Br)cc1F)c1cccc(OC(F)F)c1. The van der Waals surface area contributed by atoms with Crippen LogP contribution in [0.25, 0.3) is 0 Å². The summed E-state index contributed by atoms with van der Waals surface area (Å²) in [5, 5.41) is 0. The zero-order valence-corrected chi connectivity index (χ0v) is 12.5. The Morgan fingerprint density at radius 1 is 1.14 bits per heavy atom. The maximum absolute atomic E-state index is 13.8. The molecule has 2 nitrogen and oxygen atoms in total. The van der Waals surface area contributed by atoms with Crippen molar-refractivity contribution in [1.29, 1.82) is 0 Å². The minimum Gasteiger partial charge on any atom is -0.435 e. The van der Waals surface area contributed by atoms with E-state index < -0.39 is 12.7 Å². The molecule has 0 aromatic heterocycles. The van der Waals surface area contributed by atoms with Gasteiger partial charge >= 0.3 is 6.61 Å². The van der Waals surface area contributed by atoms with Crippen LogP contribution in [0.2, 0.25) is 0 Å². The summed E-state index contributed by atoms with van der Waals surface area (Å²) >= 11 is 3.18. The predicted octanol–water partition coefficient (Wildman–Crippen LogP) is 4.43. The van der Waals surface area contributed by atoms with Gasteiger partial charge in [0.15, 0.2) is 0 Å². The first-order valence-electron chi connectivity index (χ1n) is 6.20. The van der Waals surface area contributed by atoms with E-state index in [1.54, 1.807) is 24.3 Å². The van der Waals surface area contributed by atoms with Gasteiger partial charge in [-0.25, -0.2) is 4.39 Å². The van der Waals surface area contributed by atoms with Crippen LogP contribution in [0.15, 0.2) is 46.9 Å². The summed E-state index contributed by atoms with van der Waals surface area (Å²) in [7, 11) is 0. The van der Waals surface area contributed by atoms with Crippen LogP contribution in [0.5, 0.6) is 5.75 Å². The average molecular weight is 360 g/mol. The van der Waals surface area contributed by atoms with Gasteiger partial charge in [-0.1, -0.05) is 34.1 Å². The molecule has 2 aromatic carbocycles. The number of ether oxygens (including phenoxy) is 1. The fraction of sp³-hybridized carbons (Fsp3) is 0.200. The van der Waals surface area contributed by atoms with Crippen molar-refractivity contribution in [2.75, 3.05) is 0 Å². The monoisotopic (exact) mass is 359 g/mol. The first-order valence-corrected chi connectivity index (χ1v) is 6.99. The Morgan fingerprint density at radius 3 is 2.57 bits per heavy atom. The summed E-state index contributed by atoms with van der Waals surface area (Å²) in [5.74, 6) is -0.325. The van der Waals surface area contributed by atoms with Crippen LogP contribution >= 0.6 is 15.9 Å². The number of nitrogens with two attached hydrogens (primary N) is 1. The molecule has 0 amide bonds. The van der Waals surface area contributed by atoms with E-state index >= 15 is 0 Å². The smallest absolute Gasteiger partial charge is 0.387 e. The normalized spacial score (nSPS) is 12.5. The highest BCUT2D eigenvalue weighted by atomic mass is 79.9. The molecule has 21 heavy (non-hydrogen) atoms. The highest BCUT2D eigenvalue weighted by Gasteiger charge is 2.12. The number of hydrogen-bond acceptors (Lipinski definition) is 2. The van der Waals surface area contributed by atoms with Gasteiger partial charge in [-0.3, -0.25) is 0 Å². The zero-order valence-electron chi connectivity index (χ0n) is 10.9. The number of benzene rings is 2. The van der Waals surface area contributed by atoms with Crippen LogP contribution in [-0.2, 0) is 6.42 Å². The first-order chi connectivity index (χ1) is 9.95. The van der Waals surface area contributed by atoms with Gasteiger partial charge in [-0.05, 0) is 41.8 Å². The lowest BCUT2D eigenvalue weighted by Crippen LogP contribution is -2.14. The Balaban J connectivity index is 2.14. The molecule has 1 atom stereocenters. The molecule has 112 valence electrons. The molecule has 0 aliphatic heterocycles. The molecule has 1 unspecified atom stereocenters. The minimum absolute atomic E-state index is 0.0363. The molecule has 0 aliphatic rings. The van der Waals surface area contributed by atoms with Crippen LogP contribution in [-0.4, -0.2) is 6.61 Å². The van der Waals surface area contributed by atoms with Gasteiger partial charge in [0, 0.05) is 10.5 Å². The maximum atomic E-state index is 13.8. The molecule has 6 heteroatoms. The van der Waals surface area contributed by atoms with Crippen molar-refractivity contribution >= 4 is 15.9 Å². The van der Waals surface area contributed by atoms with Crippen molar-refractivity contribution in [2.24, 2.45) is 5.73 Å². The van der Waals surface area contributed by atoms with E-state index in [1.165, 1.54) is 18.2 Å². The molecule has 0 fully saturated rings. The summed E-state index contributed by atoms with van der Waals surface area (Å²) in [6, 6.07) is 10.3. The molecule has 0 saturated heterocycles. The lowest BCUT2D eigenvalue weighted by atomic mass is 9.99. The Morgan fingerprint density at radius 2 is 1.90 bits per heavy atom. The Hall–Kier alpha value is -1.53. The Labute approximate surface area is 128 Å². The molecule has 2 N–H and O–H groups in total. The molecule has 0 radical (unpaired) electrons. The van der Waals surface area contributed by atoms with Gasteiger partial charge in [-0.15, -0.1) is 0 Å². The van der Waals surface area contributed by atoms with Crippen LogP contribution in [0.1, 0.15) is 17.2 Å². The maximum Gasteiger partial charge on any atom is 0.387 e.